The summed E-state index contributed by atoms with van der Waals surface area (Å²) in [5, 5.41) is 14.9. The van der Waals surface area contributed by atoms with Crippen LogP contribution < -0.4 is 10.6 Å². The van der Waals surface area contributed by atoms with Gasteiger partial charge in [0.1, 0.15) is 0 Å². The summed E-state index contributed by atoms with van der Waals surface area (Å²) in [6.45, 7) is 4.86. The molecule has 116 valence electrons. The molecule has 1 heterocycles. The topological polar surface area (TPSA) is 78.4 Å². The first-order chi connectivity index (χ1) is 9.61. The maximum absolute atomic E-state index is 11.7. The predicted octanol–water partition coefficient (Wildman–Crippen LogP) is 1.77. The summed E-state index contributed by atoms with van der Waals surface area (Å²) in [5.41, 5.74) is 0. The second-order valence-corrected chi connectivity index (χ2v) is 5.74. The van der Waals surface area contributed by atoms with E-state index >= 15 is 0 Å². The zero-order valence-electron chi connectivity index (χ0n) is 12.5. The lowest BCUT2D eigenvalue weighted by molar-refractivity contribution is -0.137. The minimum absolute atomic E-state index is 0.130. The number of aliphatic carboxylic acids is 1. The Morgan fingerprint density at radius 3 is 2.75 bits per heavy atom. The van der Waals surface area contributed by atoms with E-state index in [1.54, 1.807) is 0 Å². The first kappa shape index (κ1) is 17.0. The van der Waals surface area contributed by atoms with E-state index in [0.717, 1.165) is 32.4 Å². The van der Waals surface area contributed by atoms with E-state index in [9.17, 15) is 9.59 Å². The Labute approximate surface area is 121 Å². The van der Waals surface area contributed by atoms with Gasteiger partial charge < -0.3 is 15.7 Å². The monoisotopic (exact) mass is 284 g/mol. The van der Waals surface area contributed by atoms with Crippen molar-refractivity contribution in [1.82, 2.24) is 10.6 Å². The summed E-state index contributed by atoms with van der Waals surface area (Å²) in [4.78, 5) is 22.2. The van der Waals surface area contributed by atoms with Crippen LogP contribution in [0.5, 0.6) is 0 Å². The molecule has 1 saturated heterocycles. The molecule has 0 aromatic rings. The van der Waals surface area contributed by atoms with Gasteiger partial charge in [-0.2, -0.15) is 0 Å². The van der Waals surface area contributed by atoms with Crippen LogP contribution in [0.4, 0.5) is 0 Å². The van der Waals surface area contributed by atoms with Gasteiger partial charge in [-0.3, -0.25) is 9.59 Å². The Hall–Kier alpha value is -1.10. The van der Waals surface area contributed by atoms with E-state index in [2.05, 4.69) is 17.6 Å². The Morgan fingerprint density at radius 2 is 2.15 bits per heavy atom. The molecule has 2 unspecified atom stereocenters. The fraction of sp³-hybridized carbons (Fsp3) is 0.867. The van der Waals surface area contributed by atoms with Crippen molar-refractivity contribution in [2.45, 2.75) is 51.9 Å². The Bertz CT molecular complexity index is 301. The van der Waals surface area contributed by atoms with E-state index in [-0.39, 0.29) is 12.3 Å². The van der Waals surface area contributed by atoms with Crippen molar-refractivity contribution < 1.29 is 14.7 Å². The number of carboxylic acids is 1. The molecule has 0 aliphatic carbocycles. The van der Waals surface area contributed by atoms with E-state index < -0.39 is 5.97 Å². The van der Waals surface area contributed by atoms with E-state index in [1.807, 2.05) is 0 Å². The molecule has 5 nitrogen and oxygen atoms in total. The number of carbonyl (C=O) groups is 2. The lowest BCUT2D eigenvalue weighted by Crippen LogP contribution is -2.26. The molecule has 1 fully saturated rings. The highest BCUT2D eigenvalue weighted by atomic mass is 16.4. The number of rotatable bonds is 10. The molecule has 1 amide bonds. The van der Waals surface area contributed by atoms with Gasteiger partial charge in [-0.15, -0.1) is 0 Å². The van der Waals surface area contributed by atoms with E-state index in [4.69, 9.17) is 5.11 Å². The van der Waals surface area contributed by atoms with Gasteiger partial charge in [0.2, 0.25) is 5.91 Å². The Kier molecular flexibility index (Phi) is 8.26. The minimum atomic E-state index is -0.738. The van der Waals surface area contributed by atoms with Crippen LogP contribution in [0.3, 0.4) is 0 Å². The van der Waals surface area contributed by atoms with Crippen molar-refractivity contribution >= 4 is 11.9 Å². The van der Waals surface area contributed by atoms with Crippen LogP contribution in [0.25, 0.3) is 0 Å². The normalized spacial score (nSPS) is 19.8. The van der Waals surface area contributed by atoms with E-state index in [1.165, 1.54) is 6.42 Å². The molecule has 0 radical (unpaired) electrons. The van der Waals surface area contributed by atoms with Crippen LogP contribution in [0.2, 0.25) is 0 Å². The van der Waals surface area contributed by atoms with Gasteiger partial charge >= 0.3 is 5.97 Å². The van der Waals surface area contributed by atoms with Crippen molar-refractivity contribution in [2.24, 2.45) is 11.8 Å². The minimum Gasteiger partial charge on any atom is -0.481 e. The van der Waals surface area contributed by atoms with Gasteiger partial charge in [0.25, 0.3) is 0 Å². The molecule has 1 aliphatic rings. The first-order valence-corrected chi connectivity index (χ1v) is 7.81. The number of carboxylic acid groups (broad SMARTS) is 1. The molecular formula is C15H28N2O3. The highest BCUT2D eigenvalue weighted by Crippen LogP contribution is 2.15. The number of nitrogens with one attached hydrogen (secondary N) is 2. The molecule has 0 spiro atoms. The van der Waals surface area contributed by atoms with Crippen molar-refractivity contribution in [2.75, 3.05) is 19.6 Å². The lowest BCUT2D eigenvalue weighted by Gasteiger charge is -2.14. The number of hydrogen-bond donors (Lipinski definition) is 3. The second kappa shape index (κ2) is 9.75. The van der Waals surface area contributed by atoms with Crippen molar-refractivity contribution in [3.05, 3.63) is 0 Å². The average Bonchev–Trinajstić information content (AvgIpc) is 2.93. The third kappa shape index (κ3) is 7.48. The average molecular weight is 284 g/mol. The molecule has 20 heavy (non-hydrogen) atoms. The van der Waals surface area contributed by atoms with Gasteiger partial charge in [-0.1, -0.05) is 13.3 Å². The van der Waals surface area contributed by atoms with E-state index in [0.29, 0.717) is 31.2 Å². The summed E-state index contributed by atoms with van der Waals surface area (Å²) in [6, 6.07) is 0. The van der Waals surface area contributed by atoms with Gasteiger partial charge in [-0.25, -0.2) is 0 Å². The quantitative estimate of drug-likeness (QED) is 0.571. The fourth-order valence-corrected chi connectivity index (χ4v) is 2.68. The van der Waals surface area contributed by atoms with Crippen LogP contribution in [0, 0.1) is 11.8 Å². The van der Waals surface area contributed by atoms with Gasteiger partial charge in [-0.05, 0) is 50.6 Å². The second-order valence-electron chi connectivity index (χ2n) is 5.74. The van der Waals surface area contributed by atoms with Gasteiger partial charge in [0, 0.05) is 19.4 Å². The summed E-state index contributed by atoms with van der Waals surface area (Å²) >= 11 is 0. The number of hydrogen-bond acceptors (Lipinski definition) is 3. The van der Waals surface area contributed by atoms with Crippen molar-refractivity contribution in [1.29, 1.82) is 0 Å². The SMILES string of the molecule is CCC(CCNC(=O)CCC1CCNC1)CCC(=O)O. The molecular weight excluding hydrogens is 256 g/mol. The highest BCUT2D eigenvalue weighted by molar-refractivity contribution is 5.75. The zero-order valence-corrected chi connectivity index (χ0v) is 12.5. The fourth-order valence-electron chi connectivity index (χ4n) is 2.68. The number of carbonyl (C=O) groups excluding carboxylic acids is 1. The molecule has 0 saturated carbocycles. The number of amides is 1. The molecule has 2 atom stereocenters. The molecule has 0 bridgehead atoms. The van der Waals surface area contributed by atoms with Crippen LogP contribution >= 0.6 is 0 Å². The first-order valence-electron chi connectivity index (χ1n) is 7.81. The van der Waals surface area contributed by atoms with Gasteiger partial charge in [0.05, 0.1) is 0 Å². The summed E-state index contributed by atoms with van der Waals surface area (Å²) in [7, 11) is 0. The summed E-state index contributed by atoms with van der Waals surface area (Å²) < 4.78 is 0. The third-order valence-corrected chi connectivity index (χ3v) is 4.16. The van der Waals surface area contributed by atoms with Crippen molar-refractivity contribution in [3.63, 3.8) is 0 Å². The highest BCUT2D eigenvalue weighted by Gasteiger charge is 2.15. The summed E-state index contributed by atoms with van der Waals surface area (Å²) in [5.74, 6) is 0.438. The standard InChI is InChI=1S/C15H28N2O3/c1-2-12(4-6-15(19)20)8-10-17-14(18)5-3-13-7-9-16-11-13/h12-13,16H,2-11H2,1H3,(H,17,18)(H,19,20). The third-order valence-electron chi connectivity index (χ3n) is 4.16. The smallest absolute Gasteiger partial charge is 0.303 e. The van der Waals surface area contributed by atoms with Crippen LogP contribution in [0.1, 0.15) is 51.9 Å². The maximum Gasteiger partial charge on any atom is 0.303 e. The zero-order chi connectivity index (χ0) is 14.8. The molecule has 1 rings (SSSR count). The molecule has 3 N–H and O–H groups in total. The maximum atomic E-state index is 11.7. The van der Waals surface area contributed by atoms with Crippen molar-refractivity contribution in [3.8, 4) is 0 Å². The van der Waals surface area contributed by atoms with Crippen LogP contribution in [0.15, 0.2) is 0 Å². The predicted molar refractivity (Wildman–Crippen MR) is 78.5 cm³/mol. The summed E-state index contributed by atoms with van der Waals surface area (Å²) in [6.07, 6.45) is 5.53. The lowest BCUT2D eigenvalue weighted by atomic mass is 9.96. The van der Waals surface area contributed by atoms with Crippen LogP contribution in [-0.2, 0) is 9.59 Å². The van der Waals surface area contributed by atoms with Gasteiger partial charge in [0.15, 0.2) is 0 Å². The Balaban J connectivity index is 2.05. The molecule has 5 heteroatoms. The van der Waals surface area contributed by atoms with Crippen LogP contribution in [-0.4, -0.2) is 36.6 Å². The molecule has 1 aliphatic heterocycles. The molecule has 0 aromatic carbocycles. The Morgan fingerprint density at radius 1 is 1.35 bits per heavy atom. The largest absolute Gasteiger partial charge is 0.481 e. The molecule has 0 aromatic heterocycles.